The first-order chi connectivity index (χ1) is 9.07. The van der Waals surface area contributed by atoms with Crippen LogP contribution in [0.4, 0.5) is 24.5 Å². The van der Waals surface area contributed by atoms with Crippen molar-refractivity contribution in [3.8, 4) is 0 Å². The third kappa shape index (κ3) is 4.09. The summed E-state index contributed by atoms with van der Waals surface area (Å²) in [5.41, 5.74) is -2.27. The average molecular weight is 292 g/mol. The molecule has 0 aliphatic heterocycles. The second-order valence-electron chi connectivity index (χ2n) is 5.16. The molecule has 1 aromatic rings. The number of hydrogen-bond acceptors (Lipinski definition) is 4. The molecule has 0 atom stereocenters. The number of nitrogens with zero attached hydrogens (tertiary/aromatic N) is 1. The quantitative estimate of drug-likeness (QED) is 0.646. The Hall–Kier alpha value is -1.83. The third-order valence-corrected chi connectivity index (χ3v) is 2.71. The molecular weight excluding hydrogens is 277 g/mol. The Kier molecular flexibility index (Phi) is 4.59. The van der Waals surface area contributed by atoms with E-state index in [0.29, 0.717) is 6.07 Å². The van der Waals surface area contributed by atoms with E-state index in [0.717, 1.165) is 12.1 Å². The van der Waals surface area contributed by atoms with Crippen LogP contribution in [0.1, 0.15) is 19.4 Å². The van der Waals surface area contributed by atoms with Crippen LogP contribution in [0.3, 0.4) is 0 Å². The molecule has 20 heavy (non-hydrogen) atoms. The van der Waals surface area contributed by atoms with Crippen molar-refractivity contribution in [1.82, 2.24) is 0 Å². The summed E-state index contributed by atoms with van der Waals surface area (Å²) >= 11 is 0. The van der Waals surface area contributed by atoms with Gasteiger partial charge in [-0.15, -0.1) is 0 Å². The van der Waals surface area contributed by atoms with Crippen molar-refractivity contribution in [2.45, 2.75) is 20.0 Å². The molecule has 112 valence electrons. The van der Waals surface area contributed by atoms with Gasteiger partial charge < -0.3 is 10.4 Å². The molecule has 1 rings (SSSR count). The maximum absolute atomic E-state index is 12.5. The SMILES string of the molecule is CC(C)(CO)CNc1ccc(C(F)(F)F)cc1[N+](=O)[O-]. The first-order valence-electron chi connectivity index (χ1n) is 5.77. The van der Waals surface area contributed by atoms with Gasteiger partial charge in [0.25, 0.3) is 5.69 Å². The van der Waals surface area contributed by atoms with Crippen LogP contribution in [0.2, 0.25) is 0 Å². The van der Waals surface area contributed by atoms with Crippen molar-refractivity contribution in [2.24, 2.45) is 5.41 Å². The van der Waals surface area contributed by atoms with Crippen molar-refractivity contribution in [3.05, 3.63) is 33.9 Å². The van der Waals surface area contributed by atoms with Gasteiger partial charge in [0, 0.05) is 24.6 Å². The number of nitro benzene ring substituents is 1. The smallest absolute Gasteiger partial charge is 0.396 e. The number of rotatable bonds is 5. The van der Waals surface area contributed by atoms with Gasteiger partial charge in [0.1, 0.15) is 5.69 Å². The molecule has 0 heterocycles. The number of aliphatic hydroxyl groups is 1. The molecule has 0 spiro atoms. The molecule has 0 aromatic heterocycles. The number of anilines is 1. The van der Waals surface area contributed by atoms with E-state index in [2.05, 4.69) is 5.32 Å². The Labute approximate surface area is 113 Å². The van der Waals surface area contributed by atoms with Gasteiger partial charge in [-0.1, -0.05) is 13.8 Å². The fourth-order valence-electron chi connectivity index (χ4n) is 1.40. The highest BCUT2D eigenvalue weighted by atomic mass is 19.4. The zero-order chi connectivity index (χ0) is 15.6. The molecule has 0 bridgehead atoms. The topological polar surface area (TPSA) is 75.4 Å². The monoisotopic (exact) mass is 292 g/mol. The Morgan fingerprint density at radius 3 is 2.40 bits per heavy atom. The summed E-state index contributed by atoms with van der Waals surface area (Å²) in [7, 11) is 0. The minimum Gasteiger partial charge on any atom is -0.396 e. The fourth-order valence-corrected chi connectivity index (χ4v) is 1.40. The third-order valence-electron chi connectivity index (χ3n) is 2.71. The van der Waals surface area contributed by atoms with Crippen LogP contribution in [0.25, 0.3) is 0 Å². The van der Waals surface area contributed by atoms with Crippen molar-refractivity contribution in [3.63, 3.8) is 0 Å². The molecule has 2 N–H and O–H groups in total. The van der Waals surface area contributed by atoms with E-state index in [1.165, 1.54) is 0 Å². The van der Waals surface area contributed by atoms with Crippen molar-refractivity contribution < 1.29 is 23.2 Å². The standard InChI is InChI=1S/C12H15F3N2O3/c1-11(2,7-18)6-16-9-4-3-8(12(13,14)15)5-10(9)17(19)20/h3-5,16,18H,6-7H2,1-2H3. The zero-order valence-electron chi connectivity index (χ0n) is 11.0. The molecule has 5 nitrogen and oxygen atoms in total. The van der Waals surface area contributed by atoms with Crippen molar-refractivity contribution >= 4 is 11.4 Å². The summed E-state index contributed by atoms with van der Waals surface area (Å²) in [5, 5.41) is 22.6. The van der Waals surface area contributed by atoms with Gasteiger partial charge in [-0.25, -0.2) is 0 Å². The molecular formula is C12H15F3N2O3. The van der Waals surface area contributed by atoms with E-state index in [1.54, 1.807) is 13.8 Å². The lowest BCUT2D eigenvalue weighted by Gasteiger charge is -2.22. The van der Waals surface area contributed by atoms with E-state index in [-0.39, 0.29) is 18.8 Å². The van der Waals surface area contributed by atoms with Crippen LogP contribution in [0, 0.1) is 15.5 Å². The number of halogens is 3. The van der Waals surface area contributed by atoms with Gasteiger partial charge in [-0.05, 0) is 12.1 Å². The Morgan fingerprint density at radius 1 is 1.35 bits per heavy atom. The summed E-state index contributed by atoms with van der Waals surface area (Å²) < 4.78 is 37.5. The lowest BCUT2D eigenvalue weighted by atomic mass is 9.95. The lowest BCUT2D eigenvalue weighted by molar-refractivity contribution is -0.384. The molecule has 0 fully saturated rings. The highest BCUT2D eigenvalue weighted by Crippen LogP contribution is 2.35. The van der Waals surface area contributed by atoms with Crippen molar-refractivity contribution in [1.29, 1.82) is 0 Å². The predicted molar refractivity (Wildman–Crippen MR) is 67.5 cm³/mol. The minimum atomic E-state index is -4.63. The van der Waals surface area contributed by atoms with Gasteiger partial charge in [0.05, 0.1) is 10.5 Å². The normalized spacial score (nSPS) is 12.3. The first-order valence-corrected chi connectivity index (χ1v) is 5.77. The summed E-state index contributed by atoms with van der Waals surface area (Å²) in [6, 6.07) is 2.30. The number of alkyl halides is 3. The summed E-state index contributed by atoms with van der Waals surface area (Å²) in [5.74, 6) is 0. The van der Waals surface area contributed by atoms with Crippen LogP contribution >= 0.6 is 0 Å². The molecule has 1 aromatic carbocycles. The maximum Gasteiger partial charge on any atom is 0.416 e. The number of nitro groups is 1. The first kappa shape index (κ1) is 16.2. The number of benzene rings is 1. The predicted octanol–water partition coefficient (Wildman–Crippen LogP) is 3.04. The van der Waals surface area contributed by atoms with Gasteiger partial charge in [0.2, 0.25) is 0 Å². The summed E-state index contributed by atoms with van der Waals surface area (Å²) in [6.07, 6.45) is -4.63. The van der Waals surface area contributed by atoms with E-state index < -0.39 is 27.8 Å². The second-order valence-corrected chi connectivity index (χ2v) is 5.16. The molecule has 8 heteroatoms. The average Bonchev–Trinajstić information content (AvgIpc) is 2.35. The highest BCUT2D eigenvalue weighted by molar-refractivity contribution is 5.63. The largest absolute Gasteiger partial charge is 0.416 e. The zero-order valence-corrected chi connectivity index (χ0v) is 11.0. The van der Waals surface area contributed by atoms with E-state index in [4.69, 9.17) is 5.11 Å². The molecule has 0 aliphatic carbocycles. The Bertz CT molecular complexity index is 501. The molecule has 0 unspecified atom stereocenters. The van der Waals surface area contributed by atoms with Crippen LogP contribution in [-0.4, -0.2) is 23.2 Å². The highest BCUT2D eigenvalue weighted by Gasteiger charge is 2.33. The second kappa shape index (κ2) is 5.66. The van der Waals surface area contributed by atoms with E-state index in [9.17, 15) is 23.3 Å². The number of nitrogens with one attached hydrogen (secondary N) is 1. The van der Waals surface area contributed by atoms with E-state index >= 15 is 0 Å². The van der Waals surface area contributed by atoms with Crippen LogP contribution in [-0.2, 0) is 6.18 Å². The van der Waals surface area contributed by atoms with Crippen LogP contribution in [0.15, 0.2) is 18.2 Å². The van der Waals surface area contributed by atoms with Crippen molar-refractivity contribution in [2.75, 3.05) is 18.5 Å². The van der Waals surface area contributed by atoms with Gasteiger partial charge in [-0.2, -0.15) is 13.2 Å². The van der Waals surface area contributed by atoms with Gasteiger partial charge in [-0.3, -0.25) is 10.1 Å². The molecule has 0 amide bonds. The summed E-state index contributed by atoms with van der Waals surface area (Å²) in [6.45, 7) is 3.47. The Balaban J connectivity index is 3.06. The molecule has 0 aliphatic rings. The lowest BCUT2D eigenvalue weighted by Crippen LogP contribution is -2.27. The molecule has 0 saturated carbocycles. The molecule has 0 radical (unpaired) electrons. The molecule has 0 saturated heterocycles. The Morgan fingerprint density at radius 2 is 1.95 bits per heavy atom. The van der Waals surface area contributed by atoms with Crippen LogP contribution in [0.5, 0.6) is 0 Å². The maximum atomic E-state index is 12.5. The van der Waals surface area contributed by atoms with Crippen LogP contribution < -0.4 is 5.32 Å². The number of hydrogen-bond donors (Lipinski definition) is 2. The van der Waals surface area contributed by atoms with E-state index in [1.807, 2.05) is 0 Å². The summed E-state index contributed by atoms with van der Waals surface area (Å²) in [4.78, 5) is 9.97. The fraction of sp³-hybridized carbons (Fsp3) is 0.500. The van der Waals surface area contributed by atoms with Gasteiger partial charge in [0.15, 0.2) is 0 Å². The minimum absolute atomic E-state index is 0.00970. The number of aliphatic hydroxyl groups excluding tert-OH is 1. The van der Waals surface area contributed by atoms with Gasteiger partial charge >= 0.3 is 6.18 Å².